The molecule has 0 aliphatic carbocycles. The van der Waals surface area contributed by atoms with E-state index in [1.165, 1.54) is 0 Å². The maximum absolute atomic E-state index is 5.96. The third kappa shape index (κ3) is 6.85. The number of aliphatic imine (C=N–C) groups is 1. The van der Waals surface area contributed by atoms with Crippen molar-refractivity contribution in [2.24, 2.45) is 10.7 Å². The predicted molar refractivity (Wildman–Crippen MR) is 103 cm³/mol. The van der Waals surface area contributed by atoms with Gasteiger partial charge < -0.3 is 16.4 Å². The molecule has 0 heterocycles. The summed E-state index contributed by atoms with van der Waals surface area (Å²) in [5, 5.41) is 8.21. The summed E-state index contributed by atoms with van der Waals surface area (Å²) >= 11 is 0. The van der Waals surface area contributed by atoms with Crippen LogP contribution in [0.25, 0.3) is 5.70 Å². The van der Waals surface area contributed by atoms with Gasteiger partial charge in [0.15, 0.2) is 0 Å². The first kappa shape index (κ1) is 19.7. The summed E-state index contributed by atoms with van der Waals surface area (Å²) in [5.74, 6) is 0.630. The van der Waals surface area contributed by atoms with Crippen molar-refractivity contribution in [2.75, 3.05) is 39.6 Å². The molecule has 0 unspecified atom stereocenters. The van der Waals surface area contributed by atoms with E-state index in [0.717, 1.165) is 29.9 Å². The molecular weight excluding hydrogens is 302 g/mol. The summed E-state index contributed by atoms with van der Waals surface area (Å²) in [7, 11) is 5.32. The van der Waals surface area contributed by atoms with Gasteiger partial charge in [0, 0.05) is 56.4 Å². The second-order valence-corrected chi connectivity index (χ2v) is 5.49. The molecule has 0 aliphatic heterocycles. The van der Waals surface area contributed by atoms with Crippen LogP contribution < -0.4 is 16.4 Å². The van der Waals surface area contributed by atoms with Crippen molar-refractivity contribution in [3.8, 4) is 0 Å². The molecule has 0 aliphatic rings. The number of amidine groups is 1. The van der Waals surface area contributed by atoms with Crippen LogP contribution in [0.2, 0.25) is 0 Å². The normalized spacial score (nSPS) is 12.4. The third-order valence-electron chi connectivity index (χ3n) is 3.15. The number of para-hydroxylation sites is 1. The number of hydroxylamine groups is 2. The van der Waals surface area contributed by atoms with Crippen LogP contribution in [0, 0.1) is 0 Å². The van der Waals surface area contributed by atoms with Crippen LogP contribution in [0.15, 0.2) is 47.6 Å². The number of hydrogen-bond acceptors (Lipinski definition) is 5. The summed E-state index contributed by atoms with van der Waals surface area (Å²) in [4.78, 5) is 9.54. The Labute approximate surface area is 145 Å². The van der Waals surface area contributed by atoms with Crippen molar-refractivity contribution in [3.05, 3.63) is 48.2 Å². The fourth-order valence-corrected chi connectivity index (χ4v) is 1.96. The van der Waals surface area contributed by atoms with Crippen molar-refractivity contribution in [3.63, 3.8) is 0 Å². The van der Waals surface area contributed by atoms with Gasteiger partial charge in [-0.2, -0.15) is 5.06 Å². The van der Waals surface area contributed by atoms with Gasteiger partial charge in [-0.1, -0.05) is 31.7 Å². The van der Waals surface area contributed by atoms with Gasteiger partial charge in [-0.05, 0) is 12.5 Å². The minimum Gasteiger partial charge on any atom is -0.400 e. The first-order valence-corrected chi connectivity index (χ1v) is 8.00. The minimum absolute atomic E-state index is 0.300. The van der Waals surface area contributed by atoms with Crippen LogP contribution >= 0.6 is 0 Å². The Morgan fingerprint density at radius 1 is 1.38 bits per heavy atom. The molecule has 6 nitrogen and oxygen atoms in total. The zero-order chi connectivity index (χ0) is 17.9. The Balaban J connectivity index is 2.80. The van der Waals surface area contributed by atoms with Crippen molar-refractivity contribution in [2.45, 2.75) is 13.3 Å². The zero-order valence-electron chi connectivity index (χ0n) is 15.1. The average Bonchev–Trinajstić information content (AvgIpc) is 2.57. The number of anilines is 1. The molecule has 24 heavy (non-hydrogen) atoms. The quantitative estimate of drug-likeness (QED) is 0.368. The van der Waals surface area contributed by atoms with Gasteiger partial charge in [0.05, 0.1) is 0 Å². The Bertz CT molecular complexity index is 593. The van der Waals surface area contributed by atoms with Crippen LogP contribution in [-0.2, 0) is 4.84 Å². The van der Waals surface area contributed by atoms with Crippen LogP contribution in [0.4, 0.5) is 5.69 Å². The second-order valence-electron chi connectivity index (χ2n) is 5.49. The molecule has 0 atom stereocenters. The monoisotopic (exact) mass is 331 g/mol. The predicted octanol–water partition coefficient (Wildman–Crippen LogP) is 2.43. The third-order valence-corrected chi connectivity index (χ3v) is 3.15. The number of nitrogens with one attached hydrogen (secondary N) is 2. The average molecular weight is 331 g/mol. The minimum atomic E-state index is 0.300. The topological polar surface area (TPSA) is 74.9 Å². The Hall–Kier alpha value is -2.31. The summed E-state index contributed by atoms with van der Waals surface area (Å²) in [6.07, 6.45) is 2.80. The molecule has 0 aromatic heterocycles. The lowest BCUT2D eigenvalue weighted by Crippen LogP contribution is -2.23. The summed E-state index contributed by atoms with van der Waals surface area (Å²) in [6.45, 7) is 7.47. The molecule has 0 saturated heterocycles. The number of nitrogens with zero attached hydrogens (tertiary/aromatic N) is 2. The summed E-state index contributed by atoms with van der Waals surface area (Å²) in [5.41, 5.74) is 9.33. The Kier molecular flexibility index (Phi) is 8.60. The first-order chi connectivity index (χ1) is 11.5. The molecule has 1 rings (SSSR count). The van der Waals surface area contributed by atoms with Crippen molar-refractivity contribution >= 4 is 17.2 Å². The number of rotatable bonds is 9. The van der Waals surface area contributed by atoms with E-state index in [1.807, 2.05) is 38.4 Å². The van der Waals surface area contributed by atoms with Gasteiger partial charge in [0.25, 0.3) is 0 Å². The molecular formula is C18H29N5O. The van der Waals surface area contributed by atoms with E-state index < -0.39 is 0 Å². The number of hydrogen-bond donors (Lipinski definition) is 3. The van der Waals surface area contributed by atoms with Crippen molar-refractivity contribution in [1.82, 2.24) is 10.4 Å². The van der Waals surface area contributed by atoms with E-state index in [4.69, 9.17) is 10.6 Å². The van der Waals surface area contributed by atoms with Gasteiger partial charge >= 0.3 is 0 Å². The molecule has 132 valence electrons. The van der Waals surface area contributed by atoms with Crippen molar-refractivity contribution < 1.29 is 4.84 Å². The molecule has 1 aromatic carbocycles. The van der Waals surface area contributed by atoms with Crippen LogP contribution in [0.3, 0.4) is 0 Å². The molecule has 0 fully saturated rings. The number of nitrogens with two attached hydrogens (primary N) is 1. The SMILES string of the molecule is C=C(NC(/C=C(\N)CON(C)C)=NC)c1ccccc1NCCC. The van der Waals surface area contributed by atoms with Crippen molar-refractivity contribution in [1.29, 1.82) is 0 Å². The van der Waals surface area contributed by atoms with Crippen LogP contribution in [0.5, 0.6) is 0 Å². The highest BCUT2D eigenvalue weighted by Gasteiger charge is 2.07. The lowest BCUT2D eigenvalue weighted by molar-refractivity contribution is -0.109. The van der Waals surface area contributed by atoms with E-state index in [-0.39, 0.29) is 0 Å². The number of benzene rings is 1. The molecule has 0 saturated carbocycles. The van der Waals surface area contributed by atoms with E-state index in [2.05, 4.69) is 29.1 Å². The van der Waals surface area contributed by atoms with E-state index in [0.29, 0.717) is 18.1 Å². The zero-order valence-corrected chi connectivity index (χ0v) is 15.1. The fourth-order valence-electron chi connectivity index (χ4n) is 1.96. The molecule has 1 aromatic rings. The largest absolute Gasteiger partial charge is 0.400 e. The lowest BCUT2D eigenvalue weighted by atomic mass is 10.1. The van der Waals surface area contributed by atoms with Gasteiger partial charge in [-0.25, -0.2) is 0 Å². The molecule has 0 radical (unpaired) electrons. The molecule has 0 amide bonds. The Morgan fingerprint density at radius 2 is 2.08 bits per heavy atom. The lowest BCUT2D eigenvalue weighted by Gasteiger charge is -2.16. The maximum Gasteiger partial charge on any atom is 0.126 e. The van der Waals surface area contributed by atoms with E-state index in [9.17, 15) is 0 Å². The van der Waals surface area contributed by atoms with E-state index >= 15 is 0 Å². The smallest absolute Gasteiger partial charge is 0.126 e. The summed E-state index contributed by atoms with van der Waals surface area (Å²) < 4.78 is 0. The van der Waals surface area contributed by atoms with Gasteiger partial charge in [0.2, 0.25) is 0 Å². The van der Waals surface area contributed by atoms with Crippen LogP contribution in [0.1, 0.15) is 18.9 Å². The van der Waals surface area contributed by atoms with Gasteiger partial charge in [0.1, 0.15) is 12.4 Å². The molecule has 4 N–H and O–H groups in total. The highest BCUT2D eigenvalue weighted by molar-refractivity contribution is 5.99. The molecule has 6 heteroatoms. The Morgan fingerprint density at radius 3 is 2.71 bits per heavy atom. The van der Waals surface area contributed by atoms with Crippen LogP contribution in [-0.4, -0.2) is 45.2 Å². The second kappa shape index (κ2) is 10.5. The molecule has 0 spiro atoms. The first-order valence-electron chi connectivity index (χ1n) is 8.00. The highest BCUT2D eigenvalue weighted by Crippen LogP contribution is 2.21. The summed E-state index contributed by atoms with van der Waals surface area (Å²) in [6, 6.07) is 8.04. The highest BCUT2D eigenvalue weighted by atomic mass is 16.7. The molecule has 0 bridgehead atoms. The fraction of sp³-hybridized carbons (Fsp3) is 0.389. The maximum atomic E-state index is 5.96. The standard InChI is InChI=1S/C18H29N5O/c1-6-11-21-17-10-8-7-9-16(17)14(2)22-18(20-3)12-15(19)13-24-23(4)5/h7-10,12,21H,2,6,11,13,19H2,1,3-5H3,(H,20,22)/b15-12-. The van der Waals surface area contributed by atoms with Gasteiger partial charge in [-0.15, -0.1) is 0 Å². The van der Waals surface area contributed by atoms with Gasteiger partial charge in [-0.3, -0.25) is 9.83 Å². The van der Waals surface area contributed by atoms with E-state index in [1.54, 1.807) is 18.2 Å².